The zero-order valence-electron chi connectivity index (χ0n) is 10.0. The van der Waals surface area contributed by atoms with E-state index in [4.69, 9.17) is 10.8 Å². The van der Waals surface area contributed by atoms with Crippen LogP contribution in [0.2, 0.25) is 0 Å². The fourth-order valence-corrected chi connectivity index (χ4v) is 1.19. The highest BCUT2D eigenvalue weighted by molar-refractivity contribution is 7.81. The van der Waals surface area contributed by atoms with Crippen LogP contribution in [0.4, 0.5) is 0 Å². The molecular weight excluding hydrogens is 228 g/mol. The number of nitrogens with two attached hydrogens (primary N) is 1. The van der Waals surface area contributed by atoms with E-state index < -0.39 is 28.7 Å². The average molecular weight is 248 g/mol. The van der Waals surface area contributed by atoms with Crippen LogP contribution >= 0.6 is 12.6 Å². The maximum absolute atomic E-state index is 11.7. The summed E-state index contributed by atoms with van der Waals surface area (Å²) in [6.07, 6.45) is 0. The van der Waals surface area contributed by atoms with E-state index in [1.54, 1.807) is 27.7 Å². The van der Waals surface area contributed by atoms with Crippen LogP contribution in [0.25, 0.3) is 0 Å². The summed E-state index contributed by atoms with van der Waals surface area (Å²) in [5, 5.41) is 11.3. The highest BCUT2D eigenvalue weighted by atomic mass is 32.1. The Morgan fingerprint density at radius 2 is 1.81 bits per heavy atom. The number of hydrogen-bond acceptors (Lipinski definition) is 4. The maximum Gasteiger partial charge on any atom is 0.326 e. The second-order valence-electron chi connectivity index (χ2n) is 4.70. The molecule has 0 aliphatic heterocycles. The Labute approximate surface area is 101 Å². The van der Waals surface area contributed by atoms with Crippen molar-refractivity contribution in [3.63, 3.8) is 0 Å². The number of hydrogen-bond donors (Lipinski definition) is 4. The molecule has 0 unspecified atom stereocenters. The number of carbonyl (C=O) groups is 2. The van der Waals surface area contributed by atoms with Gasteiger partial charge in [0.1, 0.15) is 6.04 Å². The van der Waals surface area contributed by atoms with E-state index in [-0.39, 0.29) is 5.92 Å². The van der Waals surface area contributed by atoms with E-state index in [0.29, 0.717) is 0 Å². The van der Waals surface area contributed by atoms with Gasteiger partial charge in [-0.3, -0.25) is 4.79 Å². The molecule has 5 nitrogen and oxygen atoms in total. The van der Waals surface area contributed by atoms with Crippen molar-refractivity contribution in [2.24, 2.45) is 11.7 Å². The van der Waals surface area contributed by atoms with Gasteiger partial charge in [0, 0.05) is 4.75 Å². The van der Waals surface area contributed by atoms with Gasteiger partial charge in [-0.15, -0.1) is 0 Å². The first kappa shape index (κ1) is 15.2. The summed E-state index contributed by atoms with van der Waals surface area (Å²) in [7, 11) is 0. The van der Waals surface area contributed by atoms with Crippen LogP contribution in [0.5, 0.6) is 0 Å². The minimum atomic E-state index is -1.06. The lowest BCUT2D eigenvalue weighted by Gasteiger charge is -2.27. The molecule has 0 aromatic carbocycles. The maximum atomic E-state index is 11.7. The molecule has 0 bridgehead atoms. The summed E-state index contributed by atoms with van der Waals surface area (Å²) in [6.45, 7) is 6.84. The van der Waals surface area contributed by atoms with E-state index in [0.717, 1.165) is 0 Å². The quantitative estimate of drug-likeness (QED) is 0.525. The van der Waals surface area contributed by atoms with E-state index in [1.807, 2.05) is 0 Å². The van der Waals surface area contributed by atoms with Gasteiger partial charge in [-0.25, -0.2) is 4.79 Å². The number of nitrogens with one attached hydrogen (secondary N) is 1. The molecule has 0 radical (unpaired) electrons. The Kier molecular flexibility index (Phi) is 5.28. The molecule has 0 fully saturated rings. The lowest BCUT2D eigenvalue weighted by Crippen LogP contribution is -2.56. The third-order valence-electron chi connectivity index (χ3n) is 2.27. The lowest BCUT2D eigenvalue weighted by molar-refractivity contribution is -0.143. The fourth-order valence-electron chi connectivity index (χ4n) is 1.08. The van der Waals surface area contributed by atoms with Crippen LogP contribution in [0, 0.1) is 5.92 Å². The molecule has 0 aromatic rings. The van der Waals surface area contributed by atoms with Crippen LogP contribution in [0.1, 0.15) is 27.7 Å². The fraction of sp³-hybridized carbons (Fsp3) is 0.800. The van der Waals surface area contributed by atoms with Crippen LogP contribution in [-0.2, 0) is 9.59 Å². The highest BCUT2D eigenvalue weighted by Crippen LogP contribution is 2.16. The summed E-state index contributed by atoms with van der Waals surface area (Å²) in [5.74, 6) is -1.76. The third-order valence-corrected chi connectivity index (χ3v) is 2.55. The molecule has 4 N–H and O–H groups in total. The molecule has 1 amide bonds. The number of aliphatic carboxylic acids is 1. The van der Waals surface area contributed by atoms with Gasteiger partial charge < -0.3 is 16.2 Å². The Balaban J connectivity index is 4.60. The molecule has 6 heteroatoms. The Hall–Kier alpha value is -0.750. The number of carboxylic acids is 1. The van der Waals surface area contributed by atoms with Gasteiger partial charge in [-0.05, 0) is 19.8 Å². The lowest BCUT2D eigenvalue weighted by atomic mass is 10.0. The molecule has 0 spiro atoms. The van der Waals surface area contributed by atoms with E-state index in [2.05, 4.69) is 17.9 Å². The molecule has 0 aliphatic rings. The van der Waals surface area contributed by atoms with Gasteiger partial charge in [-0.1, -0.05) is 13.8 Å². The van der Waals surface area contributed by atoms with Crippen LogP contribution < -0.4 is 11.1 Å². The minimum absolute atomic E-state index is 0.198. The zero-order chi connectivity index (χ0) is 13.1. The van der Waals surface area contributed by atoms with Crippen molar-refractivity contribution < 1.29 is 14.7 Å². The van der Waals surface area contributed by atoms with E-state index in [9.17, 15) is 9.59 Å². The second kappa shape index (κ2) is 5.54. The molecular formula is C10H20N2O3S. The molecule has 0 heterocycles. The van der Waals surface area contributed by atoms with Crippen molar-refractivity contribution in [1.29, 1.82) is 0 Å². The normalized spacial score (nSPS) is 15.7. The monoisotopic (exact) mass is 248 g/mol. The standard InChI is InChI=1S/C10H20N2O3S/c1-5(2)6(9(14)15)12-8(13)7(11)10(3,4)16/h5-7,16H,11H2,1-4H3,(H,12,13)(H,14,15)/t6-,7+/m0/s1. The van der Waals surface area contributed by atoms with E-state index in [1.165, 1.54) is 0 Å². The van der Waals surface area contributed by atoms with Crippen LogP contribution in [-0.4, -0.2) is 33.8 Å². The number of thiol groups is 1. The van der Waals surface area contributed by atoms with E-state index >= 15 is 0 Å². The molecule has 0 saturated heterocycles. The van der Waals surface area contributed by atoms with Gasteiger partial charge in [0.25, 0.3) is 0 Å². The first-order chi connectivity index (χ1) is 7.07. The van der Waals surface area contributed by atoms with Crippen LogP contribution in [0.15, 0.2) is 0 Å². The molecule has 2 atom stereocenters. The van der Waals surface area contributed by atoms with Crippen molar-refractivity contribution in [3.8, 4) is 0 Å². The summed E-state index contributed by atoms with van der Waals surface area (Å²) in [6, 6.07) is -1.77. The zero-order valence-corrected chi connectivity index (χ0v) is 10.9. The van der Waals surface area contributed by atoms with Gasteiger partial charge in [0.15, 0.2) is 0 Å². The Bertz CT molecular complexity index is 274. The van der Waals surface area contributed by atoms with Crippen molar-refractivity contribution in [2.75, 3.05) is 0 Å². The van der Waals surface area contributed by atoms with Crippen molar-refractivity contribution >= 4 is 24.5 Å². The number of carbonyl (C=O) groups excluding carboxylic acids is 1. The topological polar surface area (TPSA) is 92.4 Å². The van der Waals surface area contributed by atoms with Crippen molar-refractivity contribution in [2.45, 2.75) is 44.5 Å². The summed E-state index contributed by atoms with van der Waals surface area (Å²) in [5.41, 5.74) is 5.66. The van der Waals surface area contributed by atoms with Gasteiger partial charge in [0.05, 0.1) is 6.04 Å². The smallest absolute Gasteiger partial charge is 0.326 e. The number of amides is 1. The Morgan fingerprint density at radius 1 is 1.38 bits per heavy atom. The van der Waals surface area contributed by atoms with Crippen molar-refractivity contribution in [3.05, 3.63) is 0 Å². The molecule has 0 aromatic heterocycles. The molecule has 94 valence electrons. The van der Waals surface area contributed by atoms with Gasteiger partial charge >= 0.3 is 5.97 Å². The summed E-state index contributed by atoms with van der Waals surface area (Å²) < 4.78 is -0.690. The van der Waals surface area contributed by atoms with Gasteiger partial charge in [-0.2, -0.15) is 12.6 Å². The molecule has 0 rings (SSSR count). The number of carboxylic acid groups (broad SMARTS) is 1. The number of rotatable bonds is 5. The van der Waals surface area contributed by atoms with Crippen molar-refractivity contribution in [1.82, 2.24) is 5.32 Å². The third kappa shape index (κ3) is 4.40. The average Bonchev–Trinajstić information content (AvgIpc) is 2.09. The predicted molar refractivity (Wildman–Crippen MR) is 65.4 cm³/mol. The molecule has 0 saturated carbocycles. The first-order valence-electron chi connectivity index (χ1n) is 5.08. The largest absolute Gasteiger partial charge is 0.480 e. The molecule has 16 heavy (non-hydrogen) atoms. The first-order valence-corrected chi connectivity index (χ1v) is 5.53. The highest BCUT2D eigenvalue weighted by Gasteiger charge is 2.32. The molecule has 0 aliphatic carbocycles. The van der Waals surface area contributed by atoms with Gasteiger partial charge in [0.2, 0.25) is 5.91 Å². The minimum Gasteiger partial charge on any atom is -0.480 e. The van der Waals surface area contributed by atoms with Crippen LogP contribution in [0.3, 0.4) is 0 Å². The Morgan fingerprint density at radius 3 is 2.06 bits per heavy atom. The SMILES string of the molecule is CC(C)[C@H](NC(=O)[C@@H](N)C(C)(C)S)C(=O)O. The predicted octanol–water partition coefficient (Wildman–Crippen LogP) is 0.247. The second-order valence-corrected chi connectivity index (χ2v) is 5.85. The summed E-state index contributed by atoms with van der Waals surface area (Å²) in [4.78, 5) is 22.5. The summed E-state index contributed by atoms with van der Waals surface area (Å²) >= 11 is 4.18.